The summed E-state index contributed by atoms with van der Waals surface area (Å²) in [6, 6.07) is 7.36. The molecule has 25 heavy (non-hydrogen) atoms. The van der Waals surface area contributed by atoms with Crippen molar-refractivity contribution in [1.29, 1.82) is 0 Å². The number of carbonyl (C=O) groups is 1. The second-order valence-electron chi connectivity index (χ2n) is 7.74. The third-order valence-electron chi connectivity index (χ3n) is 5.87. The number of carbonyl (C=O) groups excluding carboxylic acids is 1. The fourth-order valence-corrected chi connectivity index (χ4v) is 4.67. The van der Waals surface area contributed by atoms with Gasteiger partial charge in [-0.2, -0.15) is 0 Å². The zero-order valence-corrected chi connectivity index (χ0v) is 16.2. The van der Waals surface area contributed by atoms with Crippen LogP contribution >= 0.6 is 0 Å². The van der Waals surface area contributed by atoms with Gasteiger partial charge in [0.05, 0.1) is 10.3 Å². The highest BCUT2D eigenvalue weighted by Crippen LogP contribution is 2.45. The predicted molar refractivity (Wildman–Crippen MR) is 98.4 cm³/mol. The van der Waals surface area contributed by atoms with Crippen LogP contribution in [0.3, 0.4) is 0 Å². The van der Waals surface area contributed by atoms with Crippen LogP contribution in [0.25, 0.3) is 0 Å². The molecule has 5 nitrogen and oxygen atoms in total. The molecular formula is C19H28N2O3S. The van der Waals surface area contributed by atoms with E-state index in [1.54, 1.807) is 12.1 Å². The molecule has 2 aliphatic rings. The second-order valence-corrected chi connectivity index (χ2v) is 9.76. The van der Waals surface area contributed by atoms with Gasteiger partial charge in [-0.05, 0) is 57.5 Å². The fourth-order valence-electron chi connectivity index (χ4n) is 4.04. The molecule has 1 unspecified atom stereocenters. The van der Waals surface area contributed by atoms with Gasteiger partial charge in [0.15, 0.2) is 9.84 Å². The van der Waals surface area contributed by atoms with Crippen LogP contribution in [0.15, 0.2) is 29.2 Å². The molecule has 0 radical (unpaired) electrons. The molecule has 1 aliphatic heterocycles. The van der Waals surface area contributed by atoms with Crippen LogP contribution in [-0.2, 0) is 20.0 Å². The number of hydrogen-bond donors (Lipinski definition) is 0. The largest absolute Gasteiger partial charge is 0.340 e. The average Bonchev–Trinajstić information content (AvgIpc) is 2.53. The van der Waals surface area contributed by atoms with Crippen molar-refractivity contribution in [3.05, 3.63) is 29.8 Å². The van der Waals surface area contributed by atoms with E-state index in [1.807, 2.05) is 17.0 Å². The molecular weight excluding hydrogens is 336 g/mol. The Kier molecular flexibility index (Phi) is 4.95. The van der Waals surface area contributed by atoms with Crippen molar-refractivity contribution >= 4 is 15.7 Å². The number of nitrogens with zero attached hydrogens (tertiary/aromatic N) is 2. The summed E-state index contributed by atoms with van der Waals surface area (Å²) < 4.78 is 23.4. The van der Waals surface area contributed by atoms with Gasteiger partial charge < -0.3 is 9.80 Å². The lowest BCUT2D eigenvalue weighted by molar-refractivity contribution is -0.143. The molecule has 6 heteroatoms. The van der Waals surface area contributed by atoms with Crippen molar-refractivity contribution < 1.29 is 13.2 Å². The Morgan fingerprint density at radius 1 is 1.16 bits per heavy atom. The van der Waals surface area contributed by atoms with Crippen LogP contribution < -0.4 is 0 Å². The predicted octanol–water partition coefficient (Wildman–Crippen LogP) is 2.06. The van der Waals surface area contributed by atoms with E-state index in [0.29, 0.717) is 10.9 Å². The summed E-state index contributed by atoms with van der Waals surface area (Å²) in [5.74, 6) is 0.220. The first-order chi connectivity index (χ1) is 11.7. The van der Waals surface area contributed by atoms with Gasteiger partial charge in [-0.15, -0.1) is 0 Å². The molecule has 1 aromatic rings. The molecule has 138 valence electrons. The van der Waals surface area contributed by atoms with E-state index in [1.165, 1.54) is 6.26 Å². The van der Waals surface area contributed by atoms with E-state index in [0.717, 1.165) is 50.8 Å². The van der Waals surface area contributed by atoms with Crippen LogP contribution in [0.4, 0.5) is 0 Å². The molecule has 1 saturated carbocycles. The second kappa shape index (κ2) is 6.72. The van der Waals surface area contributed by atoms with E-state index < -0.39 is 15.3 Å². The fraction of sp³-hybridized carbons (Fsp3) is 0.632. The first-order valence-electron chi connectivity index (χ1n) is 9.00. The van der Waals surface area contributed by atoms with Gasteiger partial charge in [-0.1, -0.05) is 18.6 Å². The lowest BCUT2D eigenvalue weighted by Crippen LogP contribution is -2.56. The molecule has 0 bridgehead atoms. The van der Waals surface area contributed by atoms with Crippen LogP contribution in [0.1, 0.15) is 37.7 Å². The first kappa shape index (κ1) is 18.4. The zero-order valence-electron chi connectivity index (χ0n) is 15.4. The summed E-state index contributed by atoms with van der Waals surface area (Å²) in [5, 5.41) is 0. The molecule has 0 N–H and O–H groups in total. The van der Waals surface area contributed by atoms with Crippen molar-refractivity contribution in [3.8, 4) is 0 Å². The molecule has 1 heterocycles. The summed E-state index contributed by atoms with van der Waals surface area (Å²) in [6.07, 6.45) is 6.14. The monoisotopic (exact) mass is 364 g/mol. The quantitative estimate of drug-likeness (QED) is 0.821. The molecule has 0 spiro atoms. The maximum absolute atomic E-state index is 13.3. The van der Waals surface area contributed by atoms with Gasteiger partial charge in [-0.3, -0.25) is 4.79 Å². The van der Waals surface area contributed by atoms with E-state index in [4.69, 9.17) is 0 Å². The number of likely N-dealkylation sites (N-methyl/N-ethyl adjacent to an activating group) is 1. The van der Waals surface area contributed by atoms with Crippen LogP contribution in [0.5, 0.6) is 0 Å². The minimum Gasteiger partial charge on any atom is -0.340 e. The van der Waals surface area contributed by atoms with E-state index >= 15 is 0 Å². The highest BCUT2D eigenvalue weighted by molar-refractivity contribution is 7.90. The number of hydrogen-bond acceptors (Lipinski definition) is 4. The Bertz CT molecular complexity index is 736. The van der Waals surface area contributed by atoms with Crippen molar-refractivity contribution in [2.45, 2.75) is 48.5 Å². The number of benzene rings is 1. The molecule has 0 aromatic heterocycles. The summed E-state index contributed by atoms with van der Waals surface area (Å²) >= 11 is 0. The van der Waals surface area contributed by atoms with Gasteiger partial charge in [-0.25, -0.2) is 8.42 Å². The summed E-state index contributed by atoms with van der Waals surface area (Å²) in [7, 11) is 0.930. The normalized spacial score (nSPS) is 23.4. The summed E-state index contributed by atoms with van der Waals surface area (Å²) in [6.45, 7) is 1.61. The molecule has 3 rings (SSSR count). The number of sulfone groups is 1. The van der Waals surface area contributed by atoms with E-state index in [-0.39, 0.29) is 5.91 Å². The number of amides is 1. The lowest BCUT2D eigenvalue weighted by atomic mass is 9.63. The van der Waals surface area contributed by atoms with Crippen LogP contribution in [-0.4, -0.2) is 63.6 Å². The molecule has 2 fully saturated rings. The maximum Gasteiger partial charge on any atom is 0.233 e. The lowest BCUT2D eigenvalue weighted by Gasteiger charge is -2.46. The van der Waals surface area contributed by atoms with Crippen LogP contribution in [0.2, 0.25) is 0 Å². The SMILES string of the molecule is CN(C)C1CCCN(C(=O)C2(c3ccc(S(C)(=O)=O)cc3)CCC2)C1. The Labute approximate surface area is 150 Å². The molecule has 1 saturated heterocycles. The standard InChI is InChI=1S/C19H28N2O3S/c1-20(2)16-6-4-13-21(14-16)18(22)19(11-5-12-19)15-7-9-17(10-8-15)25(3,23)24/h7-10,16H,4-6,11-14H2,1-3H3. The minimum absolute atomic E-state index is 0.220. The summed E-state index contributed by atoms with van der Waals surface area (Å²) in [4.78, 5) is 17.9. The topological polar surface area (TPSA) is 57.7 Å². The van der Waals surface area contributed by atoms with Crippen molar-refractivity contribution in [2.24, 2.45) is 0 Å². The summed E-state index contributed by atoms with van der Waals surface area (Å²) in [5.41, 5.74) is 0.507. The van der Waals surface area contributed by atoms with E-state index in [2.05, 4.69) is 19.0 Å². The molecule has 1 amide bonds. The highest BCUT2D eigenvalue weighted by Gasteiger charge is 2.48. The smallest absolute Gasteiger partial charge is 0.233 e. The first-order valence-corrected chi connectivity index (χ1v) is 10.9. The third kappa shape index (κ3) is 3.47. The molecule has 1 aromatic carbocycles. The Balaban J connectivity index is 1.84. The number of likely N-dealkylation sites (tertiary alicyclic amines) is 1. The van der Waals surface area contributed by atoms with E-state index in [9.17, 15) is 13.2 Å². The van der Waals surface area contributed by atoms with Gasteiger partial charge in [0.1, 0.15) is 0 Å². The van der Waals surface area contributed by atoms with Crippen molar-refractivity contribution in [2.75, 3.05) is 33.4 Å². The molecule has 1 aliphatic carbocycles. The van der Waals surface area contributed by atoms with Gasteiger partial charge >= 0.3 is 0 Å². The number of rotatable bonds is 4. The van der Waals surface area contributed by atoms with Gasteiger partial charge in [0, 0.05) is 25.4 Å². The Morgan fingerprint density at radius 3 is 2.28 bits per heavy atom. The van der Waals surface area contributed by atoms with Gasteiger partial charge in [0.25, 0.3) is 0 Å². The maximum atomic E-state index is 13.3. The minimum atomic E-state index is -3.21. The number of piperidine rings is 1. The van der Waals surface area contributed by atoms with Gasteiger partial charge in [0.2, 0.25) is 5.91 Å². The molecule has 1 atom stereocenters. The highest BCUT2D eigenvalue weighted by atomic mass is 32.2. The third-order valence-corrected chi connectivity index (χ3v) is 6.99. The Morgan fingerprint density at radius 2 is 1.80 bits per heavy atom. The Hall–Kier alpha value is -1.40. The van der Waals surface area contributed by atoms with Crippen molar-refractivity contribution in [3.63, 3.8) is 0 Å². The van der Waals surface area contributed by atoms with Crippen LogP contribution in [0, 0.1) is 0 Å². The van der Waals surface area contributed by atoms with Crippen molar-refractivity contribution in [1.82, 2.24) is 9.80 Å². The average molecular weight is 365 g/mol. The zero-order chi connectivity index (χ0) is 18.2.